The van der Waals surface area contributed by atoms with Gasteiger partial charge in [-0.2, -0.15) is 0 Å². The van der Waals surface area contributed by atoms with Crippen molar-refractivity contribution in [2.45, 2.75) is 59.3 Å². The van der Waals surface area contributed by atoms with Gasteiger partial charge in [-0.25, -0.2) is 0 Å². The van der Waals surface area contributed by atoms with Crippen LogP contribution in [0.5, 0.6) is 0 Å². The summed E-state index contributed by atoms with van der Waals surface area (Å²) in [5.41, 5.74) is 0.207. The lowest BCUT2D eigenvalue weighted by atomic mass is 9.46. The highest BCUT2D eigenvalue weighted by Crippen LogP contribution is 2.66. The third-order valence-electron chi connectivity index (χ3n) is 8.69. The van der Waals surface area contributed by atoms with Gasteiger partial charge >= 0.3 is 5.97 Å². The Morgan fingerprint density at radius 3 is 2.63 bits per heavy atom. The van der Waals surface area contributed by atoms with Crippen LogP contribution in [0.4, 0.5) is 0 Å². The van der Waals surface area contributed by atoms with E-state index in [1.165, 1.54) is 6.92 Å². The molecule has 4 rings (SSSR count). The molecule has 0 N–H and O–H groups in total. The maximum atomic E-state index is 13.6. The molecular weight excluding hydrogens is 384 g/mol. The number of ketones is 3. The van der Waals surface area contributed by atoms with Gasteiger partial charge in [0.2, 0.25) is 0 Å². The summed E-state index contributed by atoms with van der Waals surface area (Å²) < 4.78 is 4.94. The number of hydrogen-bond donors (Lipinski definition) is 0. The normalized spacial score (nSPS) is 42.5. The Balaban J connectivity index is 1.68. The van der Waals surface area contributed by atoms with Crippen LogP contribution in [0.3, 0.4) is 0 Å². The van der Waals surface area contributed by atoms with Gasteiger partial charge in [-0.05, 0) is 54.4 Å². The van der Waals surface area contributed by atoms with E-state index in [4.69, 9.17) is 4.74 Å². The van der Waals surface area contributed by atoms with E-state index >= 15 is 0 Å². The minimum atomic E-state index is -0.595. The van der Waals surface area contributed by atoms with Gasteiger partial charge in [0.25, 0.3) is 0 Å². The second kappa shape index (κ2) is 7.24. The Kier molecular flexibility index (Phi) is 5.10. The molecule has 4 aliphatic carbocycles. The number of esters is 1. The number of hydrogen-bond acceptors (Lipinski definition) is 6. The minimum Gasteiger partial charge on any atom is -0.458 e. The first-order valence-electron chi connectivity index (χ1n) is 11.0. The predicted octanol–water partition coefficient (Wildman–Crippen LogP) is 2.87. The summed E-state index contributed by atoms with van der Waals surface area (Å²) in [6, 6.07) is 0. The SMILES string of the molecule is CC(=O)OCC(=O)[C@H]1C(C=O)C[C@H]2[C@@H]3CCC4=CC(=O)CC[C@]4(C)[C@H]3C(=O)C[C@]12C. The average Bonchev–Trinajstić information content (AvgIpc) is 2.98. The molecule has 6 nitrogen and oxygen atoms in total. The van der Waals surface area contributed by atoms with Gasteiger partial charge in [0, 0.05) is 37.5 Å². The molecule has 162 valence electrons. The summed E-state index contributed by atoms with van der Waals surface area (Å²) >= 11 is 0. The van der Waals surface area contributed by atoms with Crippen molar-refractivity contribution in [3.05, 3.63) is 11.6 Å². The number of carbonyl (C=O) groups is 5. The topological polar surface area (TPSA) is 94.6 Å². The fourth-order valence-electron chi connectivity index (χ4n) is 7.49. The Morgan fingerprint density at radius 1 is 1.23 bits per heavy atom. The van der Waals surface area contributed by atoms with E-state index < -0.39 is 23.2 Å². The summed E-state index contributed by atoms with van der Waals surface area (Å²) in [5, 5.41) is 0. The molecule has 3 saturated carbocycles. The molecular formula is C24H30O6. The van der Waals surface area contributed by atoms with Gasteiger partial charge in [-0.15, -0.1) is 0 Å². The number of aldehydes is 1. The van der Waals surface area contributed by atoms with Crippen molar-refractivity contribution in [3.8, 4) is 0 Å². The summed E-state index contributed by atoms with van der Waals surface area (Å²) in [5.74, 6) is -1.49. The molecule has 0 heterocycles. The Labute approximate surface area is 176 Å². The maximum absolute atomic E-state index is 13.6. The fraction of sp³-hybridized carbons (Fsp3) is 0.708. The van der Waals surface area contributed by atoms with Crippen molar-refractivity contribution in [2.24, 2.45) is 40.4 Å². The molecule has 0 spiro atoms. The van der Waals surface area contributed by atoms with Gasteiger partial charge in [0.05, 0.1) is 0 Å². The van der Waals surface area contributed by atoms with Gasteiger partial charge in [0.1, 0.15) is 18.7 Å². The molecule has 0 aliphatic heterocycles. The van der Waals surface area contributed by atoms with Crippen molar-refractivity contribution in [3.63, 3.8) is 0 Å². The van der Waals surface area contributed by atoms with Crippen molar-refractivity contribution in [1.29, 1.82) is 0 Å². The van der Waals surface area contributed by atoms with Crippen LogP contribution in [0.1, 0.15) is 59.3 Å². The number of carbonyl (C=O) groups excluding carboxylic acids is 5. The van der Waals surface area contributed by atoms with Gasteiger partial charge < -0.3 is 9.53 Å². The van der Waals surface area contributed by atoms with Crippen LogP contribution in [-0.4, -0.2) is 36.2 Å². The van der Waals surface area contributed by atoms with Crippen LogP contribution >= 0.6 is 0 Å². The van der Waals surface area contributed by atoms with E-state index in [-0.39, 0.29) is 53.5 Å². The van der Waals surface area contributed by atoms with E-state index in [0.717, 1.165) is 24.7 Å². The average molecular weight is 414 g/mol. The zero-order valence-corrected chi connectivity index (χ0v) is 17.9. The van der Waals surface area contributed by atoms with Crippen LogP contribution in [0.15, 0.2) is 11.6 Å². The van der Waals surface area contributed by atoms with Crippen LogP contribution in [0, 0.1) is 40.4 Å². The highest BCUT2D eigenvalue weighted by molar-refractivity contribution is 5.94. The first-order valence-corrected chi connectivity index (χ1v) is 11.0. The zero-order chi connectivity index (χ0) is 21.8. The van der Waals surface area contributed by atoms with E-state index in [2.05, 4.69) is 6.92 Å². The largest absolute Gasteiger partial charge is 0.458 e. The summed E-state index contributed by atoms with van der Waals surface area (Å²) in [4.78, 5) is 61.6. The standard InChI is InChI=1S/C24H30O6/c1-13(26)30-12-20(29)21-14(11-25)8-18-17-5-4-15-9-16(27)6-7-23(15,2)22(17)19(28)10-24(18,21)3/h9,11,14,17-18,21-22H,4-8,10,12H2,1-3H3/t14?,17-,18-,21+,22+,23-,24-/m0/s1. The zero-order valence-electron chi connectivity index (χ0n) is 17.9. The first-order chi connectivity index (χ1) is 14.1. The molecule has 0 aromatic heterocycles. The molecule has 4 aliphatic rings. The molecule has 0 aromatic carbocycles. The second-order valence-electron chi connectivity index (χ2n) is 10.2. The molecule has 3 fully saturated rings. The lowest BCUT2D eigenvalue weighted by molar-refractivity contribution is -0.154. The molecule has 0 aromatic rings. The van der Waals surface area contributed by atoms with Gasteiger partial charge in [-0.1, -0.05) is 19.4 Å². The fourth-order valence-corrected chi connectivity index (χ4v) is 7.49. The van der Waals surface area contributed by atoms with Gasteiger partial charge in [-0.3, -0.25) is 19.2 Å². The predicted molar refractivity (Wildman–Crippen MR) is 107 cm³/mol. The first kappa shape index (κ1) is 21.1. The van der Waals surface area contributed by atoms with E-state index in [0.29, 0.717) is 19.3 Å². The lowest BCUT2D eigenvalue weighted by Gasteiger charge is -2.56. The highest BCUT2D eigenvalue weighted by Gasteiger charge is 2.65. The molecule has 30 heavy (non-hydrogen) atoms. The summed E-state index contributed by atoms with van der Waals surface area (Å²) in [7, 11) is 0. The van der Waals surface area contributed by atoms with Gasteiger partial charge in [0.15, 0.2) is 11.6 Å². The number of fused-ring (bicyclic) bond motifs is 5. The van der Waals surface area contributed by atoms with Crippen molar-refractivity contribution < 1.29 is 28.7 Å². The smallest absolute Gasteiger partial charge is 0.303 e. The Bertz CT molecular complexity index is 856. The second-order valence-corrected chi connectivity index (χ2v) is 10.2. The van der Waals surface area contributed by atoms with Crippen LogP contribution in [0.2, 0.25) is 0 Å². The highest BCUT2D eigenvalue weighted by atomic mass is 16.5. The number of Topliss-reactive ketones (excluding diaryl/α,β-unsaturated/α-hetero) is 2. The van der Waals surface area contributed by atoms with Crippen molar-refractivity contribution >= 4 is 29.6 Å². The number of allylic oxidation sites excluding steroid dienone is 1. The van der Waals surface area contributed by atoms with E-state index in [9.17, 15) is 24.0 Å². The van der Waals surface area contributed by atoms with Crippen molar-refractivity contribution in [2.75, 3.05) is 6.61 Å². The Morgan fingerprint density at radius 2 is 1.97 bits per heavy atom. The number of rotatable bonds is 4. The monoisotopic (exact) mass is 414 g/mol. The summed E-state index contributed by atoms with van der Waals surface area (Å²) in [6.07, 6.45) is 6.24. The maximum Gasteiger partial charge on any atom is 0.303 e. The molecule has 6 heteroatoms. The van der Waals surface area contributed by atoms with E-state index in [1.807, 2.05) is 6.92 Å². The molecule has 0 bridgehead atoms. The minimum absolute atomic E-state index is 0.0951. The third-order valence-corrected chi connectivity index (χ3v) is 8.69. The molecule has 7 atom stereocenters. The Hall–Kier alpha value is -2.11. The summed E-state index contributed by atoms with van der Waals surface area (Å²) in [6.45, 7) is 5.00. The molecule has 0 radical (unpaired) electrons. The number of ether oxygens (including phenoxy) is 1. The van der Waals surface area contributed by atoms with Crippen LogP contribution < -0.4 is 0 Å². The molecule has 1 unspecified atom stereocenters. The molecule has 0 amide bonds. The molecule has 0 saturated heterocycles. The third kappa shape index (κ3) is 3.02. The quantitative estimate of drug-likeness (QED) is 0.519. The van der Waals surface area contributed by atoms with Crippen LogP contribution in [0.25, 0.3) is 0 Å². The van der Waals surface area contributed by atoms with Crippen molar-refractivity contribution in [1.82, 2.24) is 0 Å². The lowest BCUT2D eigenvalue weighted by Crippen LogP contribution is -2.55. The van der Waals surface area contributed by atoms with E-state index in [1.54, 1.807) is 6.08 Å². The van der Waals surface area contributed by atoms with Crippen LogP contribution in [-0.2, 0) is 28.7 Å².